The monoisotopic (exact) mass is 427 g/mol. The first kappa shape index (κ1) is 24.1. The van der Waals surface area contributed by atoms with Crippen LogP contribution in [0.15, 0.2) is 67.3 Å². The summed E-state index contributed by atoms with van der Waals surface area (Å²) in [4.78, 5) is 27.1. The van der Waals surface area contributed by atoms with Crippen molar-refractivity contribution < 1.29 is 28.9 Å². The van der Waals surface area contributed by atoms with Gasteiger partial charge in [-0.3, -0.25) is 4.79 Å². The zero-order valence-electron chi connectivity index (χ0n) is 18.1. The number of methoxy groups -OCH3 is 2. The number of rotatable bonds is 11. The molecule has 1 unspecified atom stereocenters. The van der Waals surface area contributed by atoms with Crippen molar-refractivity contribution in [2.75, 3.05) is 20.8 Å². The number of hydrogen-bond acceptors (Lipinski definition) is 6. The fourth-order valence-corrected chi connectivity index (χ4v) is 3.28. The molecule has 2 aromatic carbocycles. The minimum absolute atomic E-state index is 0.0313. The summed E-state index contributed by atoms with van der Waals surface area (Å²) in [6.45, 7) is 4.95. The van der Waals surface area contributed by atoms with Gasteiger partial charge in [0.25, 0.3) is 0 Å². The maximum atomic E-state index is 13.0. The van der Waals surface area contributed by atoms with Crippen molar-refractivity contribution in [1.82, 2.24) is 4.90 Å². The van der Waals surface area contributed by atoms with Gasteiger partial charge in [-0.1, -0.05) is 49.0 Å². The Morgan fingerprint density at radius 1 is 1.10 bits per heavy atom. The topological polar surface area (TPSA) is 85.3 Å². The smallest absolute Gasteiger partial charge is 0.336 e. The number of carbonyl (C=O) groups is 2. The third-order valence-electron chi connectivity index (χ3n) is 5.09. The van der Waals surface area contributed by atoms with Gasteiger partial charge in [0.05, 0.1) is 33.5 Å². The second-order valence-corrected chi connectivity index (χ2v) is 7.05. The standard InChI is InChI=1S/C24H29NO6/c1-5-22(27)25(15-19-11-13-21(29-3)14-12-19)24(18(2)26,23(28)30-4)17-31-16-20-9-7-6-8-10-20/h5-14,18,26H,1,15-17H2,2-4H3/t18-,24?/m1/s1. The van der Waals surface area contributed by atoms with Crippen molar-refractivity contribution >= 4 is 11.9 Å². The van der Waals surface area contributed by atoms with Gasteiger partial charge in [0.2, 0.25) is 5.91 Å². The van der Waals surface area contributed by atoms with Crippen molar-refractivity contribution in [3.05, 3.63) is 78.4 Å². The number of benzene rings is 2. The number of esters is 1. The summed E-state index contributed by atoms with van der Waals surface area (Å²) in [5.74, 6) is -0.656. The molecule has 0 saturated carbocycles. The maximum absolute atomic E-state index is 13.0. The van der Waals surface area contributed by atoms with Crippen LogP contribution < -0.4 is 4.74 Å². The number of aliphatic hydroxyl groups excluding tert-OH is 1. The molecule has 31 heavy (non-hydrogen) atoms. The molecule has 2 aromatic rings. The molecule has 0 saturated heterocycles. The summed E-state index contributed by atoms with van der Waals surface area (Å²) in [6.07, 6.45) is -0.182. The number of nitrogens with zero attached hydrogens (tertiary/aromatic N) is 1. The Hall–Kier alpha value is -3.16. The summed E-state index contributed by atoms with van der Waals surface area (Å²) < 4.78 is 16.0. The van der Waals surface area contributed by atoms with Crippen LogP contribution >= 0.6 is 0 Å². The molecule has 7 nitrogen and oxygen atoms in total. The molecule has 0 aliphatic rings. The van der Waals surface area contributed by atoms with Crippen LogP contribution in [-0.4, -0.2) is 54.4 Å². The molecule has 0 aromatic heterocycles. The fourth-order valence-electron chi connectivity index (χ4n) is 3.28. The van der Waals surface area contributed by atoms with Gasteiger partial charge in [-0.05, 0) is 36.3 Å². The zero-order valence-corrected chi connectivity index (χ0v) is 18.1. The Balaban J connectivity index is 2.39. The van der Waals surface area contributed by atoms with E-state index in [0.717, 1.165) is 17.2 Å². The van der Waals surface area contributed by atoms with Crippen molar-refractivity contribution in [2.45, 2.75) is 31.7 Å². The van der Waals surface area contributed by atoms with E-state index in [1.54, 1.807) is 31.4 Å². The van der Waals surface area contributed by atoms with Crippen molar-refractivity contribution in [2.24, 2.45) is 0 Å². The maximum Gasteiger partial charge on any atom is 0.336 e. The molecule has 1 N–H and O–H groups in total. The summed E-state index contributed by atoms with van der Waals surface area (Å²) in [5.41, 5.74) is -0.147. The van der Waals surface area contributed by atoms with Gasteiger partial charge in [-0.25, -0.2) is 4.79 Å². The minimum Gasteiger partial charge on any atom is -0.497 e. The summed E-state index contributed by atoms with van der Waals surface area (Å²) in [7, 11) is 2.77. The first-order valence-electron chi connectivity index (χ1n) is 9.84. The molecule has 2 rings (SSSR count). The predicted molar refractivity (Wildman–Crippen MR) is 116 cm³/mol. The average molecular weight is 427 g/mol. The summed E-state index contributed by atoms with van der Waals surface area (Å²) >= 11 is 0. The van der Waals surface area contributed by atoms with E-state index < -0.39 is 23.5 Å². The van der Waals surface area contributed by atoms with E-state index in [0.29, 0.717) is 5.75 Å². The Bertz CT molecular complexity index is 865. The summed E-state index contributed by atoms with van der Waals surface area (Å²) in [5, 5.41) is 10.7. The Morgan fingerprint density at radius 2 is 1.74 bits per heavy atom. The molecule has 7 heteroatoms. The van der Waals surface area contributed by atoms with E-state index in [1.165, 1.54) is 18.9 Å². The normalized spacial score (nSPS) is 13.5. The lowest BCUT2D eigenvalue weighted by atomic mass is 9.90. The number of hydrogen-bond donors (Lipinski definition) is 1. The van der Waals surface area contributed by atoms with Crippen molar-refractivity contribution in [3.63, 3.8) is 0 Å². The number of amides is 1. The Labute approximate surface area is 182 Å². The van der Waals surface area contributed by atoms with E-state index in [1.807, 2.05) is 30.3 Å². The molecule has 0 heterocycles. The molecule has 0 spiro atoms. The highest BCUT2D eigenvalue weighted by molar-refractivity contribution is 5.94. The van der Waals surface area contributed by atoms with Gasteiger partial charge in [-0.15, -0.1) is 0 Å². The molecular weight excluding hydrogens is 398 g/mol. The highest BCUT2D eigenvalue weighted by Gasteiger charge is 2.51. The molecular formula is C24H29NO6. The molecule has 2 atom stereocenters. The van der Waals surface area contributed by atoms with Crippen LogP contribution in [0.4, 0.5) is 0 Å². The largest absolute Gasteiger partial charge is 0.497 e. The predicted octanol–water partition coefficient (Wildman–Crippen LogP) is 2.72. The molecule has 0 fully saturated rings. The van der Waals surface area contributed by atoms with Gasteiger partial charge in [0.1, 0.15) is 5.75 Å². The first-order valence-corrected chi connectivity index (χ1v) is 9.84. The lowest BCUT2D eigenvalue weighted by molar-refractivity contribution is -0.177. The SMILES string of the molecule is C=CC(=O)N(Cc1ccc(OC)cc1)C(COCc1ccccc1)(C(=O)OC)[C@@H](C)O. The third-order valence-corrected chi connectivity index (χ3v) is 5.09. The molecule has 0 radical (unpaired) electrons. The Morgan fingerprint density at radius 3 is 2.26 bits per heavy atom. The van der Waals surface area contributed by atoms with Gasteiger partial charge >= 0.3 is 5.97 Å². The molecule has 1 amide bonds. The van der Waals surface area contributed by atoms with Gasteiger partial charge in [0.15, 0.2) is 5.54 Å². The minimum atomic E-state index is -1.77. The van der Waals surface area contributed by atoms with E-state index in [4.69, 9.17) is 14.2 Å². The van der Waals surface area contributed by atoms with Crippen LogP contribution in [0.25, 0.3) is 0 Å². The molecule has 0 bridgehead atoms. The molecule has 0 aliphatic carbocycles. The van der Waals surface area contributed by atoms with E-state index in [2.05, 4.69) is 6.58 Å². The van der Waals surface area contributed by atoms with E-state index in [-0.39, 0.29) is 19.8 Å². The highest BCUT2D eigenvalue weighted by Crippen LogP contribution is 2.27. The first-order chi connectivity index (χ1) is 14.9. The molecule has 0 aliphatic heterocycles. The van der Waals surface area contributed by atoms with Gasteiger partial charge in [0, 0.05) is 6.54 Å². The third kappa shape index (κ3) is 5.71. The van der Waals surface area contributed by atoms with Crippen LogP contribution in [0.3, 0.4) is 0 Å². The Kier molecular flexibility index (Phi) is 8.78. The van der Waals surface area contributed by atoms with Gasteiger partial charge in [-0.2, -0.15) is 0 Å². The lowest BCUT2D eigenvalue weighted by Gasteiger charge is -2.42. The van der Waals surface area contributed by atoms with Crippen LogP contribution in [0.1, 0.15) is 18.1 Å². The summed E-state index contributed by atoms with van der Waals surface area (Å²) in [6, 6.07) is 16.4. The number of ether oxygens (including phenoxy) is 3. The second-order valence-electron chi connectivity index (χ2n) is 7.05. The van der Waals surface area contributed by atoms with Crippen LogP contribution in [0.5, 0.6) is 5.75 Å². The number of carbonyl (C=O) groups excluding carboxylic acids is 2. The highest BCUT2D eigenvalue weighted by atomic mass is 16.5. The molecule has 166 valence electrons. The average Bonchev–Trinajstić information content (AvgIpc) is 2.80. The second kappa shape index (κ2) is 11.3. The van der Waals surface area contributed by atoms with Crippen LogP contribution in [0, 0.1) is 0 Å². The van der Waals surface area contributed by atoms with Crippen molar-refractivity contribution in [3.8, 4) is 5.75 Å². The van der Waals surface area contributed by atoms with Crippen molar-refractivity contribution in [1.29, 1.82) is 0 Å². The fraction of sp³-hybridized carbons (Fsp3) is 0.333. The zero-order chi connectivity index (χ0) is 22.9. The number of aliphatic hydroxyl groups is 1. The van der Waals surface area contributed by atoms with E-state index in [9.17, 15) is 14.7 Å². The lowest BCUT2D eigenvalue weighted by Crippen LogP contribution is -2.65. The van der Waals surface area contributed by atoms with Gasteiger partial charge < -0.3 is 24.2 Å². The quantitative estimate of drug-likeness (QED) is 0.438. The van der Waals surface area contributed by atoms with Crippen LogP contribution in [-0.2, 0) is 32.2 Å². The van der Waals surface area contributed by atoms with Crippen LogP contribution in [0.2, 0.25) is 0 Å². The van der Waals surface area contributed by atoms with E-state index >= 15 is 0 Å².